The summed E-state index contributed by atoms with van der Waals surface area (Å²) in [6.07, 6.45) is 0.274. The molecule has 6 heteroatoms. The molecule has 31 heavy (non-hydrogen) atoms. The Kier molecular flexibility index (Phi) is 7.23. The number of hydrogen-bond donors (Lipinski definition) is 1. The van der Waals surface area contributed by atoms with Crippen molar-refractivity contribution in [2.45, 2.75) is 52.2 Å². The highest BCUT2D eigenvalue weighted by molar-refractivity contribution is 6.22. The minimum Gasteiger partial charge on any atom is -0.353 e. The van der Waals surface area contributed by atoms with Crippen molar-refractivity contribution in [2.24, 2.45) is 0 Å². The van der Waals surface area contributed by atoms with E-state index in [0.29, 0.717) is 36.3 Å². The number of rotatable bonds is 9. The molecule has 0 fully saturated rings. The molecule has 3 rings (SSSR count). The van der Waals surface area contributed by atoms with Gasteiger partial charge in [0.2, 0.25) is 5.91 Å². The van der Waals surface area contributed by atoms with Crippen molar-refractivity contribution in [3.63, 3.8) is 0 Å². The van der Waals surface area contributed by atoms with E-state index in [-0.39, 0.29) is 12.3 Å². The van der Waals surface area contributed by atoms with Crippen molar-refractivity contribution >= 4 is 17.7 Å². The van der Waals surface area contributed by atoms with E-state index >= 15 is 0 Å². The van der Waals surface area contributed by atoms with E-state index in [1.807, 2.05) is 30.3 Å². The van der Waals surface area contributed by atoms with Crippen molar-refractivity contribution in [3.8, 4) is 0 Å². The maximum absolute atomic E-state index is 13.2. The molecule has 0 aliphatic carbocycles. The molecule has 0 bridgehead atoms. The first-order valence-corrected chi connectivity index (χ1v) is 10.9. The van der Waals surface area contributed by atoms with Crippen molar-refractivity contribution in [1.82, 2.24) is 15.1 Å². The van der Waals surface area contributed by atoms with Gasteiger partial charge in [0, 0.05) is 31.6 Å². The van der Waals surface area contributed by atoms with Crippen LogP contribution in [0.5, 0.6) is 0 Å². The second kappa shape index (κ2) is 9.88. The fourth-order valence-corrected chi connectivity index (χ4v) is 4.17. The van der Waals surface area contributed by atoms with Crippen LogP contribution in [0.4, 0.5) is 0 Å². The number of carbonyl (C=O) groups is 3. The molecule has 3 amide bonds. The van der Waals surface area contributed by atoms with Crippen LogP contribution in [0.15, 0.2) is 54.6 Å². The molecule has 0 spiro atoms. The number of hydrogen-bond acceptors (Lipinski definition) is 4. The van der Waals surface area contributed by atoms with E-state index in [2.05, 4.69) is 37.9 Å². The molecule has 1 aliphatic rings. The van der Waals surface area contributed by atoms with E-state index in [9.17, 15) is 14.4 Å². The van der Waals surface area contributed by atoms with E-state index in [0.717, 1.165) is 10.5 Å². The Labute approximate surface area is 184 Å². The van der Waals surface area contributed by atoms with Gasteiger partial charge in [-0.15, -0.1) is 0 Å². The average Bonchev–Trinajstić information content (AvgIpc) is 3.00. The first-order chi connectivity index (χ1) is 14.8. The third-order valence-electron chi connectivity index (χ3n) is 5.71. The Morgan fingerprint density at radius 1 is 0.871 bits per heavy atom. The molecular weight excluding hydrogens is 390 g/mol. The van der Waals surface area contributed by atoms with Crippen LogP contribution in [-0.4, -0.2) is 58.7 Å². The highest BCUT2D eigenvalue weighted by Crippen LogP contribution is 2.26. The fourth-order valence-electron chi connectivity index (χ4n) is 4.17. The minimum absolute atomic E-state index is 0.274. The van der Waals surface area contributed by atoms with Gasteiger partial charge in [0.15, 0.2) is 0 Å². The Morgan fingerprint density at radius 2 is 1.39 bits per heavy atom. The summed E-state index contributed by atoms with van der Waals surface area (Å²) in [7, 11) is 0. The summed E-state index contributed by atoms with van der Waals surface area (Å²) in [4.78, 5) is 42.7. The molecule has 0 aromatic heterocycles. The molecule has 2 aromatic rings. The van der Waals surface area contributed by atoms with E-state index in [1.165, 1.54) is 0 Å². The normalized spacial score (nSPS) is 14.5. The van der Waals surface area contributed by atoms with Gasteiger partial charge < -0.3 is 5.32 Å². The second-order valence-corrected chi connectivity index (χ2v) is 8.45. The van der Waals surface area contributed by atoms with Gasteiger partial charge in [0.25, 0.3) is 11.8 Å². The molecule has 6 nitrogen and oxygen atoms in total. The van der Waals surface area contributed by atoms with Gasteiger partial charge in [-0.3, -0.25) is 24.2 Å². The largest absolute Gasteiger partial charge is 0.353 e. The molecule has 1 N–H and O–H groups in total. The van der Waals surface area contributed by atoms with Crippen LogP contribution < -0.4 is 5.32 Å². The maximum Gasteiger partial charge on any atom is 0.262 e. The SMILES string of the molecule is CC(C)N(CCNC(=O)[C@H](Cc1ccccc1)N1C(=O)c2ccccc2C1=O)C(C)C. The number of imide groups is 1. The topological polar surface area (TPSA) is 69.7 Å². The van der Waals surface area contributed by atoms with Crippen LogP contribution in [0, 0.1) is 0 Å². The molecule has 1 atom stereocenters. The number of carbonyl (C=O) groups excluding carboxylic acids is 3. The zero-order chi connectivity index (χ0) is 22.5. The summed E-state index contributed by atoms with van der Waals surface area (Å²) in [5.41, 5.74) is 1.60. The van der Waals surface area contributed by atoms with Crippen LogP contribution >= 0.6 is 0 Å². The fraction of sp³-hybridized carbons (Fsp3) is 0.400. The van der Waals surface area contributed by atoms with Crippen LogP contribution in [0.1, 0.15) is 54.0 Å². The van der Waals surface area contributed by atoms with Gasteiger partial charge >= 0.3 is 0 Å². The molecule has 1 aliphatic heterocycles. The van der Waals surface area contributed by atoms with Gasteiger partial charge in [-0.25, -0.2) is 0 Å². The molecule has 0 unspecified atom stereocenters. The monoisotopic (exact) mass is 421 g/mol. The highest BCUT2D eigenvalue weighted by Gasteiger charge is 2.42. The molecule has 2 aromatic carbocycles. The van der Waals surface area contributed by atoms with Gasteiger partial charge in [0.05, 0.1) is 11.1 Å². The third kappa shape index (κ3) is 5.02. The lowest BCUT2D eigenvalue weighted by molar-refractivity contribution is -0.125. The van der Waals surface area contributed by atoms with Crippen molar-refractivity contribution in [3.05, 3.63) is 71.3 Å². The smallest absolute Gasteiger partial charge is 0.262 e. The van der Waals surface area contributed by atoms with Crippen LogP contribution in [-0.2, 0) is 11.2 Å². The Bertz CT molecular complexity index is 897. The van der Waals surface area contributed by atoms with Crippen LogP contribution in [0.2, 0.25) is 0 Å². The zero-order valence-electron chi connectivity index (χ0n) is 18.7. The van der Waals surface area contributed by atoms with Gasteiger partial charge in [-0.05, 0) is 45.4 Å². The molecule has 1 heterocycles. The van der Waals surface area contributed by atoms with Gasteiger partial charge in [-0.2, -0.15) is 0 Å². The van der Waals surface area contributed by atoms with Gasteiger partial charge in [-0.1, -0.05) is 42.5 Å². The Balaban J connectivity index is 1.80. The standard InChI is InChI=1S/C25H31N3O3/c1-17(2)27(18(3)4)15-14-26-23(29)22(16-19-10-6-5-7-11-19)28-24(30)20-12-8-9-13-21(20)25(28)31/h5-13,17-18,22H,14-16H2,1-4H3,(H,26,29)/t22-/m0/s1. The third-order valence-corrected chi connectivity index (χ3v) is 5.71. The molecule has 0 saturated carbocycles. The molecule has 164 valence electrons. The minimum atomic E-state index is -0.902. The number of fused-ring (bicyclic) bond motifs is 1. The van der Waals surface area contributed by atoms with E-state index in [4.69, 9.17) is 0 Å². The Hall–Kier alpha value is -2.99. The number of benzene rings is 2. The molecular formula is C25H31N3O3. The summed E-state index contributed by atoms with van der Waals surface area (Å²) in [5, 5.41) is 2.96. The summed E-state index contributed by atoms with van der Waals surface area (Å²) < 4.78 is 0. The number of nitrogens with zero attached hydrogens (tertiary/aromatic N) is 2. The average molecular weight is 422 g/mol. The van der Waals surface area contributed by atoms with E-state index < -0.39 is 17.9 Å². The van der Waals surface area contributed by atoms with Crippen LogP contribution in [0.3, 0.4) is 0 Å². The number of nitrogens with one attached hydrogen (secondary N) is 1. The quantitative estimate of drug-likeness (QED) is 0.632. The first-order valence-electron chi connectivity index (χ1n) is 10.9. The lowest BCUT2D eigenvalue weighted by Crippen LogP contribution is -2.52. The van der Waals surface area contributed by atoms with Crippen molar-refractivity contribution < 1.29 is 14.4 Å². The highest BCUT2D eigenvalue weighted by atomic mass is 16.2. The summed E-state index contributed by atoms with van der Waals surface area (Å²) in [6.45, 7) is 9.64. The number of amides is 3. The lowest BCUT2D eigenvalue weighted by atomic mass is 10.0. The predicted octanol–water partition coefficient (Wildman–Crippen LogP) is 3.13. The zero-order valence-corrected chi connectivity index (χ0v) is 18.7. The second-order valence-electron chi connectivity index (χ2n) is 8.45. The predicted molar refractivity (Wildman–Crippen MR) is 121 cm³/mol. The maximum atomic E-state index is 13.2. The lowest BCUT2D eigenvalue weighted by Gasteiger charge is -2.31. The van der Waals surface area contributed by atoms with Crippen LogP contribution in [0.25, 0.3) is 0 Å². The molecule has 0 saturated heterocycles. The summed E-state index contributed by atoms with van der Waals surface area (Å²) in [6, 6.07) is 16.0. The first kappa shape index (κ1) is 22.7. The summed E-state index contributed by atoms with van der Waals surface area (Å²) >= 11 is 0. The van der Waals surface area contributed by atoms with E-state index in [1.54, 1.807) is 24.3 Å². The van der Waals surface area contributed by atoms with Crippen molar-refractivity contribution in [1.29, 1.82) is 0 Å². The van der Waals surface area contributed by atoms with Gasteiger partial charge in [0.1, 0.15) is 6.04 Å². The Morgan fingerprint density at radius 3 is 1.90 bits per heavy atom. The summed E-state index contributed by atoms with van der Waals surface area (Å²) in [5.74, 6) is -1.14. The molecule has 0 radical (unpaired) electrons. The van der Waals surface area contributed by atoms with Crippen molar-refractivity contribution in [2.75, 3.05) is 13.1 Å².